The number of amides is 2. The van der Waals surface area contributed by atoms with Crippen molar-refractivity contribution in [3.63, 3.8) is 0 Å². The van der Waals surface area contributed by atoms with Gasteiger partial charge in [0.25, 0.3) is 5.91 Å². The first kappa shape index (κ1) is 26.9. The third kappa shape index (κ3) is 5.71. The van der Waals surface area contributed by atoms with E-state index in [4.69, 9.17) is 58.0 Å². The second-order valence-electron chi connectivity index (χ2n) is 8.05. The van der Waals surface area contributed by atoms with Gasteiger partial charge in [0.1, 0.15) is 4.33 Å². The van der Waals surface area contributed by atoms with Gasteiger partial charge in [-0.05, 0) is 66.2 Å². The summed E-state index contributed by atoms with van der Waals surface area (Å²) in [4.78, 5) is 25.6. The van der Waals surface area contributed by atoms with Gasteiger partial charge in [-0.15, -0.1) is 23.2 Å². The first-order chi connectivity index (χ1) is 16.8. The summed E-state index contributed by atoms with van der Waals surface area (Å²) in [6.45, 7) is 0. The van der Waals surface area contributed by atoms with E-state index in [1.54, 1.807) is 18.2 Å². The van der Waals surface area contributed by atoms with Gasteiger partial charge < -0.3 is 10.6 Å². The summed E-state index contributed by atoms with van der Waals surface area (Å²) >= 11 is 31.0. The molecule has 3 aromatic carbocycles. The quantitative estimate of drug-likeness (QED) is 0.291. The number of benzene rings is 3. The smallest absolute Gasteiger partial charge is 0.326 e. The zero-order valence-electron chi connectivity index (χ0n) is 17.8. The van der Waals surface area contributed by atoms with Crippen LogP contribution < -0.4 is 10.6 Å². The lowest BCUT2D eigenvalue weighted by Gasteiger charge is -2.11. The van der Waals surface area contributed by atoms with Gasteiger partial charge >= 0.3 is 6.18 Å². The van der Waals surface area contributed by atoms with Crippen LogP contribution >= 0.6 is 58.0 Å². The zero-order chi connectivity index (χ0) is 26.4. The molecule has 1 aliphatic carbocycles. The van der Waals surface area contributed by atoms with Crippen LogP contribution in [-0.2, 0) is 11.0 Å². The minimum absolute atomic E-state index is 0.00801. The summed E-state index contributed by atoms with van der Waals surface area (Å²) in [6, 6.07) is 12.9. The summed E-state index contributed by atoms with van der Waals surface area (Å²) in [5, 5.41) is 5.94. The van der Waals surface area contributed by atoms with E-state index >= 15 is 0 Å². The Labute approximate surface area is 228 Å². The van der Waals surface area contributed by atoms with Crippen molar-refractivity contribution in [3.8, 4) is 0 Å². The molecule has 0 radical (unpaired) electrons. The number of halogens is 8. The average Bonchev–Trinajstić information content (AvgIpc) is 3.36. The van der Waals surface area contributed by atoms with Crippen LogP contribution in [0.1, 0.15) is 27.4 Å². The molecule has 0 heterocycles. The molecule has 0 aliphatic heterocycles. The molecule has 0 spiro atoms. The van der Waals surface area contributed by atoms with E-state index in [-0.39, 0.29) is 22.0 Å². The van der Waals surface area contributed by atoms with Crippen molar-refractivity contribution in [3.05, 3.63) is 92.4 Å². The lowest BCUT2D eigenvalue weighted by atomic mass is 10.1. The largest absolute Gasteiger partial charge is 0.416 e. The molecule has 2 N–H and O–H groups in total. The van der Waals surface area contributed by atoms with Crippen LogP contribution in [0, 0.1) is 5.92 Å². The molecule has 188 valence electrons. The number of nitrogens with one attached hydrogen (secondary N) is 2. The Morgan fingerprint density at radius 1 is 0.806 bits per heavy atom. The maximum atomic E-state index is 12.9. The van der Waals surface area contributed by atoms with Crippen LogP contribution in [0.15, 0.2) is 60.7 Å². The molecule has 1 fully saturated rings. The normalized spacial score (nSPS) is 18.4. The molecule has 4 nitrogen and oxygen atoms in total. The van der Waals surface area contributed by atoms with Crippen molar-refractivity contribution in [2.75, 3.05) is 10.6 Å². The van der Waals surface area contributed by atoms with Crippen molar-refractivity contribution in [2.45, 2.75) is 16.4 Å². The van der Waals surface area contributed by atoms with E-state index in [1.165, 1.54) is 18.2 Å². The fraction of sp³-hybridized carbons (Fsp3) is 0.167. The summed E-state index contributed by atoms with van der Waals surface area (Å²) in [6.07, 6.45) is -4.50. The Bertz CT molecular complexity index is 1330. The fourth-order valence-electron chi connectivity index (χ4n) is 3.76. The molecule has 0 bridgehead atoms. The molecule has 2 amide bonds. The third-order valence-corrected chi connectivity index (χ3v) is 7.24. The molecular weight excluding hydrogens is 583 g/mol. The van der Waals surface area contributed by atoms with Crippen molar-refractivity contribution in [1.82, 2.24) is 0 Å². The molecule has 12 heteroatoms. The van der Waals surface area contributed by atoms with Crippen molar-refractivity contribution in [2.24, 2.45) is 5.92 Å². The highest BCUT2D eigenvalue weighted by Gasteiger charge is 2.67. The molecule has 1 saturated carbocycles. The molecule has 36 heavy (non-hydrogen) atoms. The van der Waals surface area contributed by atoms with Crippen molar-refractivity contribution in [1.29, 1.82) is 0 Å². The molecular formula is C24H14Cl5F3N2O2. The van der Waals surface area contributed by atoms with Gasteiger partial charge in [-0.1, -0.05) is 34.8 Å². The first-order valence-electron chi connectivity index (χ1n) is 10.2. The van der Waals surface area contributed by atoms with E-state index in [0.29, 0.717) is 15.6 Å². The lowest BCUT2D eigenvalue weighted by molar-refractivity contribution is -0.137. The molecule has 0 saturated heterocycles. The summed E-state index contributed by atoms with van der Waals surface area (Å²) in [7, 11) is 0. The number of alkyl halides is 5. The van der Waals surface area contributed by atoms with Gasteiger partial charge in [0, 0.05) is 27.3 Å². The van der Waals surface area contributed by atoms with Gasteiger partial charge in [-0.25, -0.2) is 0 Å². The Morgan fingerprint density at radius 3 is 1.97 bits per heavy atom. The van der Waals surface area contributed by atoms with Gasteiger partial charge in [-0.2, -0.15) is 13.2 Å². The molecule has 2 unspecified atom stereocenters. The minimum atomic E-state index is -4.50. The van der Waals surface area contributed by atoms with Crippen LogP contribution in [0.4, 0.5) is 24.5 Å². The Hall–Kier alpha value is -2.16. The number of hydrogen-bond acceptors (Lipinski definition) is 2. The SMILES string of the molecule is O=C(Nc1ccc(C(F)(F)F)cc1)c1cc(NC(=O)C2C(c3cc(Cl)cc(Cl)c3)C2(Cl)Cl)ccc1Cl. The zero-order valence-corrected chi connectivity index (χ0v) is 21.5. The third-order valence-electron chi connectivity index (χ3n) is 5.53. The molecule has 1 aliphatic rings. The Morgan fingerprint density at radius 2 is 1.39 bits per heavy atom. The summed E-state index contributed by atoms with van der Waals surface area (Å²) < 4.78 is 36.8. The highest BCUT2D eigenvalue weighted by atomic mass is 35.5. The van der Waals surface area contributed by atoms with Gasteiger partial charge in [-0.3, -0.25) is 9.59 Å². The first-order valence-corrected chi connectivity index (χ1v) is 12.1. The van der Waals surface area contributed by atoms with Gasteiger partial charge in [0.15, 0.2) is 0 Å². The fourth-order valence-corrected chi connectivity index (χ4v) is 5.33. The second-order valence-corrected chi connectivity index (χ2v) is 10.8. The van der Waals surface area contributed by atoms with E-state index in [2.05, 4.69) is 10.6 Å². The van der Waals surface area contributed by atoms with Gasteiger partial charge in [0.05, 0.1) is 22.1 Å². The van der Waals surface area contributed by atoms with Crippen LogP contribution in [0.25, 0.3) is 0 Å². The number of hydrogen-bond donors (Lipinski definition) is 2. The van der Waals surface area contributed by atoms with Crippen molar-refractivity contribution >= 4 is 81.2 Å². The maximum Gasteiger partial charge on any atom is 0.416 e. The molecule has 3 aromatic rings. The van der Waals surface area contributed by atoms with Crippen LogP contribution in [-0.4, -0.2) is 16.1 Å². The Kier molecular flexibility index (Phi) is 7.43. The topological polar surface area (TPSA) is 58.2 Å². The van der Waals surface area contributed by atoms with E-state index < -0.39 is 39.7 Å². The predicted octanol–water partition coefficient (Wildman–Crippen LogP) is 8.44. The number of carbonyl (C=O) groups excluding carboxylic acids is 2. The highest BCUT2D eigenvalue weighted by molar-refractivity contribution is 6.53. The average molecular weight is 597 g/mol. The number of rotatable bonds is 5. The van der Waals surface area contributed by atoms with Crippen LogP contribution in [0.5, 0.6) is 0 Å². The van der Waals surface area contributed by atoms with E-state index in [0.717, 1.165) is 24.3 Å². The second kappa shape index (κ2) is 9.95. The number of carbonyl (C=O) groups is 2. The van der Waals surface area contributed by atoms with Crippen LogP contribution in [0.3, 0.4) is 0 Å². The maximum absolute atomic E-state index is 12.9. The Balaban J connectivity index is 1.48. The van der Waals surface area contributed by atoms with Crippen molar-refractivity contribution < 1.29 is 22.8 Å². The molecule has 4 rings (SSSR count). The monoisotopic (exact) mass is 594 g/mol. The van der Waals surface area contributed by atoms with Gasteiger partial charge in [0.2, 0.25) is 5.91 Å². The summed E-state index contributed by atoms with van der Waals surface area (Å²) in [5.41, 5.74) is 0.113. The lowest BCUT2D eigenvalue weighted by Crippen LogP contribution is -2.18. The van der Waals surface area contributed by atoms with Crippen LogP contribution in [0.2, 0.25) is 15.1 Å². The predicted molar refractivity (Wildman–Crippen MR) is 137 cm³/mol. The minimum Gasteiger partial charge on any atom is -0.326 e. The van der Waals surface area contributed by atoms with E-state index in [1.807, 2.05) is 0 Å². The highest BCUT2D eigenvalue weighted by Crippen LogP contribution is 2.65. The summed E-state index contributed by atoms with van der Waals surface area (Å²) in [5.74, 6) is -2.57. The molecule has 2 atom stereocenters. The van der Waals surface area contributed by atoms with E-state index in [9.17, 15) is 22.8 Å². The number of anilines is 2. The standard InChI is InChI=1S/C24H14Cl5F3N2O2/c25-13-7-11(8-14(26)9-13)19-20(23(19,28)29)22(36)34-16-5-6-18(27)17(10-16)21(35)33-15-3-1-12(2-4-15)24(30,31)32/h1-10,19-20H,(H,33,35)(H,34,36). The molecule has 0 aromatic heterocycles.